The van der Waals surface area contributed by atoms with Crippen molar-refractivity contribution >= 4 is 39.2 Å². The Morgan fingerprint density at radius 2 is 1.81 bits per heavy atom. The molecule has 5 aromatic rings. The van der Waals surface area contributed by atoms with Gasteiger partial charge in [0.2, 0.25) is 0 Å². The fourth-order valence-electron chi connectivity index (χ4n) is 5.15. The number of hydrogen-bond acceptors (Lipinski definition) is 5. The van der Waals surface area contributed by atoms with Crippen LogP contribution in [-0.4, -0.2) is 56.7 Å². The summed E-state index contributed by atoms with van der Waals surface area (Å²) in [5.41, 5.74) is 6.06. The van der Waals surface area contributed by atoms with Crippen LogP contribution in [0, 0.1) is 0 Å². The molecule has 0 saturated carbocycles. The molecule has 0 spiro atoms. The molecule has 1 fully saturated rings. The van der Waals surface area contributed by atoms with E-state index in [9.17, 15) is 4.79 Å². The minimum absolute atomic E-state index is 0.133. The molecule has 6 rings (SSSR count). The molecule has 36 heavy (non-hydrogen) atoms. The van der Waals surface area contributed by atoms with Crippen LogP contribution in [0.5, 0.6) is 0 Å². The molecule has 0 radical (unpaired) electrons. The van der Waals surface area contributed by atoms with Crippen LogP contribution in [0.25, 0.3) is 38.8 Å². The van der Waals surface area contributed by atoms with Crippen LogP contribution in [0.15, 0.2) is 71.9 Å². The van der Waals surface area contributed by atoms with Gasteiger partial charge in [-0.1, -0.05) is 30.7 Å². The SMILES string of the molecule is CCN1CCN(c2ccc(-n3c(=O)n(C)c4cnc5ccc(-c6cccnc6)cc5c43)cc2Cl)CC1. The Bertz CT molecular complexity index is 1630. The van der Waals surface area contributed by atoms with Gasteiger partial charge in [0, 0.05) is 56.6 Å². The summed E-state index contributed by atoms with van der Waals surface area (Å²) in [5, 5.41) is 1.55. The van der Waals surface area contributed by atoms with E-state index in [4.69, 9.17) is 11.6 Å². The minimum Gasteiger partial charge on any atom is -0.368 e. The number of imidazole rings is 1. The van der Waals surface area contributed by atoms with Crippen LogP contribution in [-0.2, 0) is 7.05 Å². The van der Waals surface area contributed by atoms with E-state index in [0.29, 0.717) is 5.02 Å². The zero-order valence-corrected chi connectivity index (χ0v) is 21.1. The summed E-state index contributed by atoms with van der Waals surface area (Å²) in [4.78, 5) is 27.1. The van der Waals surface area contributed by atoms with Crippen molar-refractivity contribution < 1.29 is 0 Å². The Morgan fingerprint density at radius 3 is 2.53 bits per heavy atom. The van der Waals surface area contributed by atoms with Crippen molar-refractivity contribution in [1.29, 1.82) is 0 Å². The molecule has 0 amide bonds. The Morgan fingerprint density at radius 1 is 0.972 bits per heavy atom. The van der Waals surface area contributed by atoms with Gasteiger partial charge in [-0.2, -0.15) is 0 Å². The van der Waals surface area contributed by atoms with Crippen molar-refractivity contribution in [1.82, 2.24) is 24.0 Å². The molecule has 0 atom stereocenters. The van der Waals surface area contributed by atoms with Crippen LogP contribution < -0.4 is 10.6 Å². The summed E-state index contributed by atoms with van der Waals surface area (Å²) >= 11 is 6.82. The van der Waals surface area contributed by atoms with Gasteiger partial charge in [-0.25, -0.2) is 4.79 Å². The maximum atomic E-state index is 13.5. The quantitative estimate of drug-likeness (QED) is 0.358. The van der Waals surface area contributed by atoms with Crippen molar-refractivity contribution in [2.45, 2.75) is 6.92 Å². The molecular weight excluding hydrogens is 472 g/mol. The van der Waals surface area contributed by atoms with E-state index in [0.717, 1.165) is 77.2 Å². The van der Waals surface area contributed by atoms with Gasteiger partial charge < -0.3 is 9.80 Å². The van der Waals surface area contributed by atoms with Gasteiger partial charge in [0.1, 0.15) is 0 Å². The number of pyridine rings is 2. The molecule has 0 unspecified atom stereocenters. The molecule has 4 heterocycles. The van der Waals surface area contributed by atoms with E-state index in [1.807, 2.05) is 48.7 Å². The van der Waals surface area contributed by atoms with Gasteiger partial charge in [0.25, 0.3) is 0 Å². The van der Waals surface area contributed by atoms with Crippen molar-refractivity contribution in [3.8, 4) is 16.8 Å². The molecule has 3 aromatic heterocycles. The number of nitrogens with zero attached hydrogens (tertiary/aromatic N) is 6. The predicted octanol–water partition coefficient (Wildman–Crippen LogP) is 4.73. The fourth-order valence-corrected chi connectivity index (χ4v) is 5.44. The molecule has 1 aliphatic heterocycles. The monoisotopic (exact) mass is 498 g/mol. The number of aryl methyl sites for hydroxylation is 1. The van der Waals surface area contributed by atoms with E-state index in [2.05, 4.69) is 32.8 Å². The topological polar surface area (TPSA) is 59.2 Å². The summed E-state index contributed by atoms with van der Waals surface area (Å²) in [6.07, 6.45) is 5.37. The first-order valence-corrected chi connectivity index (χ1v) is 12.6. The third-order valence-electron chi connectivity index (χ3n) is 7.23. The Labute approximate surface area is 214 Å². The van der Waals surface area contributed by atoms with Gasteiger partial charge in [0.05, 0.1) is 39.1 Å². The predicted molar refractivity (Wildman–Crippen MR) is 146 cm³/mol. The van der Waals surface area contributed by atoms with Crippen molar-refractivity contribution in [3.63, 3.8) is 0 Å². The van der Waals surface area contributed by atoms with Gasteiger partial charge in [-0.3, -0.25) is 19.1 Å². The van der Waals surface area contributed by atoms with Crippen LogP contribution in [0.4, 0.5) is 5.69 Å². The number of likely N-dealkylation sites (N-methyl/N-ethyl adjacent to an activating group) is 1. The molecular formula is C28H27ClN6O. The largest absolute Gasteiger partial charge is 0.368 e. The molecule has 1 aliphatic rings. The van der Waals surface area contributed by atoms with Crippen LogP contribution in [0.2, 0.25) is 5.02 Å². The van der Waals surface area contributed by atoms with Crippen LogP contribution >= 0.6 is 11.6 Å². The summed E-state index contributed by atoms with van der Waals surface area (Å²) in [6.45, 7) is 7.18. The van der Waals surface area contributed by atoms with Gasteiger partial charge in [-0.15, -0.1) is 0 Å². The molecule has 1 saturated heterocycles. The number of fused-ring (bicyclic) bond motifs is 3. The fraction of sp³-hybridized carbons (Fsp3) is 0.250. The summed E-state index contributed by atoms with van der Waals surface area (Å²) < 4.78 is 3.39. The third kappa shape index (κ3) is 3.75. The number of aromatic nitrogens is 4. The van der Waals surface area contributed by atoms with E-state index < -0.39 is 0 Å². The maximum absolute atomic E-state index is 13.5. The molecule has 0 aliphatic carbocycles. The van der Waals surface area contributed by atoms with Gasteiger partial charge >= 0.3 is 5.69 Å². The summed E-state index contributed by atoms with van der Waals surface area (Å²) in [7, 11) is 1.78. The Kier molecular flexibility index (Phi) is 5.74. The van der Waals surface area contributed by atoms with E-state index in [1.54, 1.807) is 28.6 Å². The lowest BCUT2D eigenvalue weighted by molar-refractivity contribution is 0.271. The lowest BCUT2D eigenvalue weighted by atomic mass is 10.0. The van der Waals surface area contributed by atoms with Crippen molar-refractivity contribution in [2.75, 3.05) is 37.6 Å². The number of anilines is 1. The maximum Gasteiger partial charge on any atom is 0.333 e. The van der Waals surface area contributed by atoms with Crippen molar-refractivity contribution in [3.05, 3.63) is 82.6 Å². The first-order chi connectivity index (χ1) is 17.5. The lowest BCUT2D eigenvalue weighted by Gasteiger charge is -2.36. The zero-order valence-electron chi connectivity index (χ0n) is 20.4. The highest BCUT2D eigenvalue weighted by atomic mass is 35.5. The van der Waals surface area contributed by atoms with Crippen LogP contribution in [0.1, 0.15) is 6.92 Å². The smallest absolute Gasteiger partial charge is 0.333 e. The Hall–Kier alpha value is -3.68. The number of halogens is 1. The van der Waals surface area contributed by atoms with E-state index >= 15 is 0 Å². The van der Waals surface area contributed by atoms with Gasteiger partial charge in [-0.05, 0) is 48.5 Å². The summed E-state index contributed by atoms with van der Waals surface area (Å²) in [6, 6.07) is 16.0. The molecule has 0 bridgehead atoms. The second-order valence-corrected chi connectivity index (χ2v) is 9.61. The first-order valence-electron chi connectivity index (χ1n) is 12.2. The number of hydrogen-bond donors (Lipinski definition) is 0. The molecule has 182 valence electrons. The highest BCUT2D eigenvalue weighted by Crippen LogP contribution is 2.32. The van der Waals surface area contributed by atoms with Crippen LogP contribution in [0.3, 0.4) is 0 Å². The van der Waals surface area contributed by atoms with Crippen molar-refractivity contribution in [2.24, 2.45) is 7.05 Å². The standard InChI is InChI=1S/C28H27ClN6O/c1-3-33-11-13-34(14-12-33)25-9-7-21(16-23(25)29)35-27-22-15-19(20-5-4-10-30-17-20)6-8-24(22)31-18-26(27)32(2)28(35)36/h4-10,15-18H,3,11-14H2,1-2H3. The second kappa shape index (κ2) is 9.08. The first kappa shape index (κ1) is 22.8. The third-order valence-corrected chi connectivity index (χ3v) is 7.53. The lowest BCUT2D eigenvalue weighted by Crippen LogP contribution is -2.46. The molecule has 0 N–H and O–H groups in total. The van der Waals surface area contributed by atoms with E-state index in [1.165, 1.54) is 0 Å². The van der Waals surface area contributed by atoms with E-state index in [-0.39, 0.29) is 5.69 Å². The molecule has 2 aromatic carbocycles. The molecule has 7 nitrogen and oxygen atoms in total. The zero-order chi connectivity index (χ0) is 24.8. The average molecular weight is 499 g/mol. The summed E-state index contributed by atoms with van der Waals surface area (Å²) in [5.74, 6) is 0. The molecule has 8 heteroatoms. The minimum atomic E-state index is -0.133. The average Bonchev–Trinajstić information content (AvgIpc) is 3.19. The number of benzene rings is 2. The number of rotatable bonds is 4. The highest BCUT2D eigenvalue weighted by Gasteiger charge is 2.21. The highest BCUT2D eigenvalue weighted by molar-refractivity contribution is 6.33. The number of piperazine rings is 1. The Balaban J connectivity index is 1.50. The second-order valence-electron chi connectivity index (χ2n) is 9.20. The van der Waals surface area contributed by atoms with Gasteiger partial charge in [0.15, 0.2) is 0 Å². The normalized spacial score (nSPS) is 14.7.